The lowest BCUT2D eigenvalue weighted by Crippen LogP contribution is -2.01. The molecule has 2 aromatic rings. The molecule has 0 aliphatic heterocycles. The molecule has 0 aliphatic carbocycles. The highest BCUT2D eigenvalue weighted by Gasteiger charge is 2.12. The smallest absolute Gasteiger partial charge is 0.168 e. The van der Waals surface area contributed by atoms with Crippen molar-refractivity contribution < 1.29 is 13.6 Å². The number of benzene rings is 1. The highest BCUT2D eigenvalue weighted by Crippen LogP contribution is 2.23. The highest BCUT2D eigenvalue weighted by atomic mass is 19.1. The molecule has 0 saturated carbocycles. The molecule has 0 fully saturated rings. The summed E-state index contributed by atoms with van der Waals surface area (Å²) < 4.78 is 28.0. The Morgan fingerprint density at radius 3 is 2.71 bits per heavy atom. The van der Waals surface area contributed by atoms with Crippen molar-refractivity contribution in [1.29, 1.82) is 0 Å². The minimum atomic E-state index is -0.565. The van der Waals surface area contributed by atoms with Gasteiger partial charge in [-0.05, 0) is 31.2 Å². The molecule has 0 N–H and O–H groups in total. The Bertz CT molecular complexity index is 564. The Hall–Kier alpha value is -2.04. The van der Waals surface area contributed by atoms with Crippen molar-refractivity contribution in [2.75, 3.05) is 0 Å². The summed E-state index contributed by atoms with van der Waals surface area (Å²) in [5.74, 6) is -1.11. The fourth-order valence-corrected chi connectivity index (χ4v) is 1.60. The van der Waals surface area contributed by atoms with Gasteiger partial charge in [0.1, 0.15) is 17.3 Å². The molecule has 0 atom stereocenters. The third kappa shape index (κ3) is 2.08. The predicted octanol–water partition coefficient (Wildman–Crippen LogP) is 2.66. The number of hydrogen-bond acceptors (Lipinski definition) is 2. The number of rotatable bonds is 3. The van der Waals surface area contributed by atoms with Crippen LogP contribution in [0.15, 0.2) is 24.3 Å². The summed E-state index contributed by atoms with van der Waals surface area (Å²) in [5.41, 5.74) is 0.650. The Kier molecular flexibility index (Phi) is 2.99. The number of aldehydes is 1. The number of aromatic nitrogens is 2. The third-order valence-electron chi connectivity index (χ3n) is 2.44. The Balaban J connectivity index is 2.56. The number of hydrogen-bond donors (Lipinski definition) is 0. The lowest BCUT2D eigenvalue weighted by atomic mass is 10.1. The molecule has 5 heteroatoms. The van der Waals surface area contributed by atoms with E-state index in [0.717, 1.165) is 18.2 Å². The van der Waals surface area contributed by atoms with Gasteiger partial charge in [0.05, 0.1) is 5.69 Å². The average Bonchev–Trinajstić information content (AvgIpc) is 2.75. The molecule has 1 aromatic carbocycles. The molecule has 88 valence electrons. The first kappa shape index (κ1) is 11.4. The first-order chi connectivity index (χ1) is 8.15. The van der Waals surface area contributed by atoms with Gasteiger partial charge in [-0.1, -0.05) is 0 Å². The van der Waals surface area contributed by atoms with Gasteiger partial charge in [0.25, 0.3) is 0 Å². The molecule has 2 rings (SSSR count). The molecule has 0 spiro atoms. The monoisotopic (exact) mass is 236 g/mol. The van der Waals surface area contributed by atoms with Gasteiger partial charge in [-0.3, -0.25) is 9.48 Å². The van der Waals surface area contributed by atoms with Crippen LogP contribution in [0.3, 0.4) is 0 Å². The van der Waals surface area contributed by atoms with Crippen LogP contribution in [0.4, 0.5) is 8.78 Å². The molecular weight excluding hydrogens is 226 g/mol. The first-order valence-corrected chi connectivity index (χ1v) is 5.14. The second kappa shape index (κ2) is 4.45. The second-order valence-corrected chi connectivity index (χ2v) is 3.51. The van der Waals surface area contributed by atoms with Crippen molar-refractivity contribution >= 4 is 6.29 Å². The van der Waals surface area contributed by atoms with Gasteiger partial charge in [0.2, 0.25) is 0 Å². The zero-order valence-electron chi connectivity index (χ0n) is 9.15. The summed E-state index contributed by atoms with van der Waals surface area (Å²) in [4.78, 5) is 10.8. The molecular formula is C12H10F2N2O. The minimum absolute atomic E-state index is 0.0558. The fraction of sp³-hybridized carbons (Fsp3) is 0.167. The van der Waals surface area contributed by atoms with E-state index >= 15 is 0 Å². The van der Waals surface area contributed by atoms with Crippen LogP contribution in [-0.4, -0.2) is 16.1 Å². The summed E-state index contributed by atoms with van der Waals surface area (Å²) in [7, 11) is 0. The molecule has 0 radical (unpaired) electrons. The third-order valence-corrected chi connectivity index (χ3v) is 2.44. The summed E-state index contributed by atoms with van der Waals surface area (Å²) in [6.45, 7) is 2.30. The van der Waals surface area contributed by atoms with Gasteiger partial charge in [0, 0.05) is 12.1 Å². The van der Waals surface area contributed by atoms with Crippen molar-refractivity contribution in [2.45, 2.75) is 13.5 Å². The van der Waals surface area contributed by atoms with E-state index in [1.165, 1.54) is 10.7 Å². The van der Waals surface area contributed by atoms with E-state index in [9.17, 15) is 13.6 Å². The van der Waals surface area contributed by atoms with Crippen molar-refractivity contribution in [3.63, 3.8) is 0 Å². The Morgan fingerprint density at radius 2 is 2.12 bits per heavy atom. The molecule has 0 unspecified atom stereocenters. The van der Waals surface area contributed by atoms with Crippen LogP contribution in [0.2, 0.25) is 0 Å². The van der Waals surface area contributed by atoms with Crippen LogP contribution in [0.25, 0.3) is 11.3 Å². The minimum Gasteiger partial charge on any atom is -0.296 e. The van der Waals surface area contributed by atoms with Crippen molar-refractivity contribution in [1.82, 2.24) is 9.78 Å². The number of nitrogens with zero attached hydrogens (tertiary/aromatic N) is 2. The Labute approximate surface area is 96.7 Å². The topological polar surface area (TPSA) is 34.9 Å². The van der Waals surface area contributed by atoms with Gasteiger partial charge in [-0.2, -0.15) is 5.10 Å². The van der Waals surface area contributed by atoms with E-state index in [4.69, 9.17) is 0 Å². The van der Waals surface area contributed by atoms with E-state index in [-0.39, 0.29) is 11.3 Å². The fourth-order valence-electron chi connectivity index (χ4n) is 1.60. The quantitative estimate of drug-likeness (QED) is 0.768. The largest absolute Gasteiger partial charge is 0.296 e. The van der Waals surface area contributed by atoms with Gasteiger partial charge < -0.3 is 0 Å². The molecule has 0 aliphatic rings. The summed E-state index contributed by atoms with van der Waals surface area (Å²) in [5, 5.41) is 4.05. The van der Waals surface area contributed by atoms with Gasteiger partial charge in [0.15, 0.2) is 6.29 Å². The van der Waals surface area contributed by atoms with Gasteiger partial charge in [-0.15, -0.1) is 0 Å². The van der Waals surface area contributed by atoms with Crippen LogP contribution < -0.4 is 0 Å². The van der Waals surface area contributed by atoms with Crippen molar-refractivity contribution in [3.05, 3.63) is 41.6 Å². The first-order valence-electron chi connectivity index (χ1n) is 5.14. The molecule has 1 aromatic heterocycles. The molecule has 3 nitrogen and oxygen atoms in total. The van der Waals surface area contributed by atoms with Crippen LogP contribution in [-0.2, 0) is 6.54 Å². The second-order valence-electron chi connectivity index (χ2n) is 3.51. The zero-order valence-corrected chi connectivity index (χ0v) is 9.15. The van der Waals surface area contributed by atoms with Crippen LogP contribution in [0.5, 0.6) is 0 Å². The SMILES string of the molecule is CCn1nc(-c2cc(F)ccc2F)cc1C=O. The maximum atomic E-state index is 13.5. The molecule has 0 bridgehead atoms. The Morgan fingerprint density at radius 1 is 1.35 bits per heavy atom. The maximum Gasteiger partial charge on any atom is 0.168 e. The normalized spacial score (nSPS) is 10.5. The molecule has 0 amide bonds. The van der Waals surface area contributed by atoms with Crippen molar-refractivity contribution in [2.24, 2.45) is 0 Å². The highest BCUT2D eigenvalue weighted by molar-refractivity contribution is 5.76. The van der Waals surface area contributed by atoms with Crippen LogP contribution in [0.1, 0.15) is 17.4 Å². The van der Waals surface area contributed by atoms with E-state index in [1.54, 1.807) is 0 Å². The summed E-state index contributed by atoms with van der Waals surface area (Å²) >= 11 is 0. The maximum absolute atomic E-state index is 13.5. The van der Waals surface area contributed by atoms with E-state index < -0.39 is 11.6 Å². The van der Waals surface area contributed by atoms with Crippen LogP contribution >= 0.6 is 0 Å². The number of aryl methyl sites for hydroxylation is 1. The van der Waals surface area contributed by atoms with Gasteiger partial charge in [-0.25, -0.2) is 8.78 Å². The molecule has 17 heavy (non-hydrogen) atoms. The van der Waals surface area contributed by atoms with Crippen LogP contribution in [0, 0.1) is 11.6 Å². The zero-order chi connectivity index (χ0) is 12.4. The van der Waals surface area contributed by atoms with E-state index in [2.05, 4.69) is 5.10 Å². The number of carbonyl (C=O) groups is 1. The predicted molar refractivity (Wildman–Crippen MR) is 58.6 cm³/mol. The molecule has 1 heterocycles. The number of carbonyl (C=O) groups excluding carboxylic acids is 1. The standard InChI is InChI=1S/C12H10F2N2O/c1-2-16-9(7-17)6-12(15-16)10-5-8(13)3-4-11(10)14/h3-7H,2H2,1H3. The molecule has 0 saturated heterocycles. The van der Waals surface area contributed by atoms with Crippen molar-refractivity contribution in [3.8, 4) is 11.3 Å². The summed E-state index contributed by atoms with van der Waals surface area (Å²) in [6, 6.07) is 4.58. The van der Waals surface area contributed by atoms with Gasteiger partial charge >= 0.3 is 0 Å². The van der Waals surface area contributed by atoms with E-state index in [1.807, 2.05) is 6.92 Å². The average molecular weight is 236 g/mol. The summed E-state index contributed by atoms with van der Waals surface area (Å²) in [6.07, 6.45) is 0.636. The van der Waals surface area contributed by atoms with E-state index in [0.29, 0.717) is 18.5 Å². The lowest BCUT2D eigenvalue weighted by Gasteiger charge is -1.99. The number of halogens is 2. The lowest BCUT2D eigenvalue weighted by molar-refractivity contribution is 0.111.